The Bertz CT molecular complexity index is 3750. The van der Waals surface area contributed by atoms with Crippen LogP contribution in [0.2, 0.25) is 0 Å². The van der Waals surface area contributed by atoms with Gasteiger partial charge in [0.25, 0.3) is 69.5 Å². The maximum atomic E-state index is 15.0. The van der Waals surface area contributed by atoms with E-state index in [0.717, 1.165) is 28.7 Å². The van der Waals surface area contributed by atoms with Crippen molar-refractivity contribution in [1.82, 2.24) is 28.7 Å². The molecule has 23 aliphatic rings. The first-order valence-electron chi connectivity index (χ1n) is 25.4. The van der Waals surface area contributed by atoms with Crippen LogP contribution in [0.1, 0.15) is 172 Å². The minimum absolute atomic E-state index is 0.0396. The van der Waals surface area contributed by atoms with Gasteiger partial charge in [-0.3, -0.25) is 86.3 Å². The first-order valence-corrected chi connectivity index (χ1v) is 25.4. The molecule has 0 spiro atoms. The van der Waals surface area contributed by atoms with Crippen LogP contribution in [-0.4, -0.2) is 100 Å². The maximum absolute atomic E-state index is 15.0. The average Bonchev–Trinajstić information content (AvgIpc) is 3.87. The van der Waals surface area contributed by atoms with Crippen molar-refractivity contribution in [2.24, 2.45) is 0 Å². The molecular formula is C56H40N6O12. The highest BCUT2D eigenvalue weighted by molar-refractivity contribution is 6.35. The van der Waals surface area contributed by atoms with E-state index >= 15 is 0 Å². The van der Waals surface area contributed by atoms with Crippen LogP contribution in [0.3, 0.4) is 0 Å². The molecule has 2 aromatic heterocycles. The number of aromatic nitrogens is 2. The minimum atomic E-state index is -1.00. The Morgan fingerprint density at radius 1 is 0.257 bits per heavy atom. The largest absolute Gasteiger partial charge is 0.269 e. The molecule has 0 saturated heterocycles. The number of nitrogens with zero attached hydrogens (tertiary/aromatic N) is 6. The zero-order valence-electron chi connectivity index (χ0n) is 39.3. The Morgan fingerprint density at radius 3 is 0.635 bits per heavy atom. The van der Waals surface area contributed by atoms with E-state index in [4.69, 9.17) is 0 Å². The van der Waals surface area contributed by atoms with Crippen LogP contribution in [0, 0.1) is 0 Å². The van der Waals surface area contributed by atoms with E-state index in [0.29, 0.717) is 38.5 Å². The van der Waals surface area contributed by atoms with Gasteiger partial charge in [-0.2, -0.15) is 0 Å². The van der Waals surface area contributed by atoms with Crippen LogP contribution in [0.25, 0.3) is 43.1 Å². The predicted molar refractivity (Wildman–Crippen MR) is 263 cm³/mol. The summed E-state index contributed by atoms with van der Waals surface area (Å²) in [6.07, 6.45) is 4.70. The van der Waals surface area contributed by atoms with Crippen LogP contribution in [0.15, 0.2) is 79.8 Å². The molecule has 3 aliphatic carbocycles. The summed E-state index contributed by atoms with van der Waals surface area (Å²) in [5, 5.41) is -0.0824. The quantitative estimate of drug-likeness (QED) is 0.177. The highest BCUT2D eigenvalue weighted by Gasteiger charge is 2.52. The fourth-order valence-corrected chi connectivity index (χ4v) is 14.7. The fraction of sp³-hybridized carbons (Fsp3) is 0.321. The Kier molecular flexibility index (Phi) is 8.48. The summed E-state index contributed by atoms with van der Waals surface area (Å²) >= 11 is 0. The summed E-state index contributed by atoms with van der Waals surface area (Å²) in [5.41, 5.74) is -2.73. The normalized spacial score (nSPS) is 25.2. The molecule has 18 heteroatoms. The first-order chi connectivity index (χ1) is 35.8. The second-order valence-electron chi connectivity index (χ2n) is 21.2. The van der Waals surface area contributed by atoms with Crippen LogP contribution in [0.5, 0.6) is 0 Å². The molecule has 3 saturated carbocycles. The highest BCUT2D eigenvalue weighted by Crippen LogP contribution is 2.46. The van der Waals surface area contributed by atoms with Crippen molar-refractivity contribution in [3.8, 4) is 0 Å². The van der Waals surface area contributed by atoms with Gasteiger partial charge >= 0.3 is 0 Å². The third kappa shape index (κ3) is 5.09. The smallest absolute Gasteiger partial charge is 0.261 e. The molecule has 3 fully saturated rings. The van der Waals surface area contributed by atoms with Gasteiger partial charge in [0.15, 0.2) is 0 Å². The Labute approximate surface area is 416 Å². The lowest BCUT2D eigenvalue weighted by atomic mass is 9.80. The summed E-state index contributed by atoms with van der Waals surface area (Å²) in [6, 6.07) is 7.97. The summed E-state index contributed by atoms with van der Waals surface area (Å²) in [5.74, 6) is -5.87. The Hall–Kier alpha value is -8.54. The van der Waals surface area contributed by atoms with Gasteiger partial charge in [-0.15, -0.1) is 0 Å². The molecule has 5 aromatic carbocycles. The average molecular weight is 989 g/mol. The van der Waals surface area contributed by atoms with Gasteiger partial charge in [0.05, 0.1) is 57.8 Å². The van der Waals surface area contributed by atoms with E-state index in [1.165, 1.54) is 60.7 Å². The number of hydrogen-bond donors (Lipinski definition) is 0. The molecule has 22 bridgehead atoms. The number of benzene rings is 5. The topological polar surface area (TPSA) is 228 Å². The Morgan fingerprint density at radius 2 is 0.432 bits per heavy atom. The van der Waals surface area contributed by atoms with Gasteiger partial charge < -0.3 is 0 Å². The van der Waals surface area contributed by atoms with E-state index in [2.05, 4.69) is 0 Å². The number of amides is 8. The van der Waals surface area contributed by atoms with Crippen LogP contribution in [0.4, 0.5) is 0 Å². The molecule has 8 amide bonds. The molecule has 30 rings (SSSR count). The standard InChI is InChI=1S/C56H40N6O12/c63-45-23-13-17-27-43-28-18-14-24(41(23)43)46(64)57(45)35-7-1-2-8-36(35)58-47(65)25-15-19-29-44-30(20-16-26(42(25)44)48(58)66)52(70)60(51(29)69)38-10-4-6-12-40(38)62-55(73)33-21-31-32(22-34(33)56(62)74)54(72)61(53(31)71)39-11-5-3-9-37(39)59(49(27)67)50(28)68/h13-22,35-40H,1-12H2/t35-,36-,37-,38?,39-,40-/m1/s1. The zero-order valence-corrected chi connectivity index (χ0v) is 39.3. The molecule has 20 aliphatic heterocycles. The van der Waals surface area contributed by atoms with Crippen molar-refractivity contribution in [3.63, 3.8) is 0 Å². The van der Waals surface area contributed by atoms with Gasteiger partial charge in [-0.1, -0.05) is 38.5 Å². The number of imide groups is 4. The molecule has 366 valence electrons. The van der Waals surface area contributed by atoms with Gasteiger partial charge in [-0.25, -0.2) is 0 Å². The van der Waals surface area contributed by atoms with E-state index in [1.54, 1.807) is 0 Å². The molecular weight excluding hydrogens is 949 g/mol. The Balaban J connectivity index is 0.960. The van der Waals surface area contributed by atoms with E-state index in [9.17, 15) is 57.5 Å². The summed E-state index contributed by atoms with van der Waals surface area (Å²) < 4.78 is 2.06. The van der Waals surface area contributed by atoms with Crippen molar-refractivity contribution < 1.29 is 38.4 Å². The lowest BCUT2D eigenvalue weighted by Gasteiger charge is -2.46. The second-order valence-corrected chi connectivity index (χ2v) is 21.2. The molecule has 0 radical (unpaired) electrons. The lowest BCUT2D eigenvalue weighted by molar-refractivity contribution is 0.0241. The van der Waals surface area contributed by atoms with Crippen LogP contribution >= 0.6 is 0 Å². The highest BCUT2D eigenvalue weighted by atomic mass is 16.2. The predicted octanol–water partition coefficient (Wildman–Crippen LogP) is 5.30. The van der Waals surface area contributed by atoms with E-state index in [1.807, 2.05) is 0 Å². The van der Waals surface area contributed by atoms with Crippen LogP contribution in [-0.2, 0) is 0 Å². The second kappa shape index (κ2) is 14.6. The third-order valence-electron chi connectivity index (χ3n) is 17.9. The minimum Gasteiger partial charge on any atom is -0.269 e. The summed E-state index contributed by atoms with van der Waals surface area (Å²) in [7, 11) is 0. The number of carbonyl (C=O) groups excluding carboxylic acids is 8. The zero-order chi connectivity index (χ0) is 50.7. The molecule has 0 N–H and O–H groups in total. The van der Waals surface area contributed by atoms with Gasteiger partial charge in [0, 0.05) is 66.1 Å². The molecule has 6 atom stereocenters. The molecule has 74 heavy (non-hydrogen) atoms. The van der Waals surface area contributed by atoms with Gasteiger partial charge in [0.1, 0.15) is 0 Å². The van der Waals surface area contributed by atoms with Crippen molar-refractivity contribution in [2.45, 2.75) is 113 Å². The fourth-order valence-electron chi connectivity index (χ4n) is 14.7. The van der Waals surface area contributed by atoms with Gasteiger partial charge in [0.2, 0.25) is 0 Å². The molecule has 7 aromatic rings. The number of rotatable bonds is 0. The monoisotopic (exact) mass is 988 g/mol. The number of hydrogen-bond acceptors (Lipinski definition) is 12. The van der Waals surface area contributed by atoms with Gasteiger partial charge in [-0.05, 0) is 99.2 Å². The SMILES string of the molecule is O=C1c2ccc3c4c5ccc(c24)C(=O)N1C1CCCC[C@H]1n1c(=O)c2cc4c(=O)n(c(=O)c4cc2c1=O)[C@@H]1CCCC[C@H]1N1C(=O)c2ccc4c6c(ccc(c26)C1=O)C(=O)N(C4=O)[C@@H]1CCCC[C@H]1N(C3=O)C5=O. The summed E-state index contributed by atoms with van der Waals surface area (Å²) in [4.78, 5) is 183. The molecule has 1 unspecified atom stereocenters. The molecule has 18 nitrogen and oxygen atoms in total. The van der Waals surface area contributed by atoms with Crippen molar-refractivity contribution in [1.29, 1.82) is 0 Å². The van der Waals surface area contributed by atoms with E-state index < -0.39 is 106 Å². The maximum Gasteiger partial charge on any atom is 0.261 e. The molecule has 22 heterocycles. The van der Waals surface area contributed by atoms with E-state index in [-0.39, 0.29) is 126 Å². The van der Waals surface area contributed by atoms with Crippen molar-refractivity contribution in [2.75, 3.05) is 0 Å². The summed E-state index contributed by atoms with van der Waals surface area (Å²) in [6.45, 7) is 0. The third-order valence-corrected chi connectivity index (χ3v) is 17.9. The first kappa shape index (κ1) is 43.1. The lowest BCUT2D eigenvalue weighted by Crippen LogP contribution is -2.61. The number of carbonyl (C=O) groups is 8. The van der Waals surface area contributed by atoms with Crippen LogP contribution < -0.4 is 22.2 Å². The van der Waals surface area contributed by atoms with Crippen molar-refractivity contribution >= 4 is 90.3 Å². The van der Waals surface area contributed by atoms with Crippen molar-refractivity contribution in [3.05, 3.63) is 147 Å².